The number of carbonyl (C=O) groups excluding carboxylic acids is 1. The number of carboxylic acid groups (broad SMARTS) is 1. The second-order valence-corrected chi connectivity index (χ2v) is 3.87. The minimum atomic E-state index is -0.959. The van der Waals surface area contributed by atoms with Gasteiger partial charge in [0, 0.05) is 24.6 Å². The molecule has 1 rings (SSSR count). The molecule has 1 heterocycles. The van der Waals surface area contributed by atoms with Crippen LogP contribution in [0.3, 0.4) is 0 Å². The van der Waals surface area contributed by atoms with Crippen molar-refractivity contribution in [2.24, 2.45) is 5.92 Å². The number of halogens is 1. The number of amides is 1. The number of carboxylic acids is 1. The van der Waals surface area contributed by atoms with E-state index in [-0.39, 0.29) is 30.3 Å². The maximum absolute atomic E-state index is 11.4. The summed E-state index contributed by atoms with van der Waals surface area (Å²) in [7, 11) is 0. The number of likely N-dealkylation sites (N-methyl/N-ethyl adjacent to an activating group) is 1. The van der Waals surface area contributed by atoms with Crippen LogP contribution in [0.2, 0.25) is 0 Å². The maximum Gasteiger partial charge on any atom is 0.328 e. The molecule has 0 aromatic rings. The summed E-state index contributed by atoms with van der Waals surface area (Å²) >= 11 is 0. The van der Waals surface area contributed by atoms with E-state index in [2.05, 4.69) is 10.6 Å². The summed E-state index contributed by atoms with van der Waals surface area (Å²) in [6.45, 7) is 3.43. The number of aliphatic carboxylic acids is 1. The van der Waals surface area contributed by atoms with E-state index in [0.717, 1.165) is 25.6 Å². The van der Waals surface area contributed by atoms with Crippen LogP contribution in [-0.2, 0) is 9.59 Å². The largest absolute Gasteiger partial charge is 0.478 e. The molecule has 0 bridgehead atoms. The van der Waals surface area contributed by atoms with Gasteiger partial charge < -0.3 is 15.7 Å². The highest BCUT2D eigenvalue weighted by molar-refractivity contribution is 5.85. The van der Waals surface area contributed by atoms with Crippen LogP contribution in [0.25, 0.3) is 0 Å². The lowest BCUT2D eigenvalue weighted by molar-refractivity contribution is -0.131. The third kappa shape index (κ3) is 5.70. The van der Waals surface area contributed by atoms with Crippen LogP contribution in [0, 0.1) is 5.92 Å². The Hall–Kier alpha value is -1.07. The van der Waals surface area contributed by atoms with Gasteiger partial charge in [0.1, 0.15) is 0 Å². The maximum atomic E-state index is 11.4. The molecule has 1 amide bonds. The molecule has 0 aromatic carbocycles. The van der Waals surface area contributed by atoms with E-state index in [9.17, 15) is 9.59 Å². The molecule has 3 N–H and O–H groups in total. The molecule has 5 nitrogen and oxygen atoms in total. The summed E-state index contributed by atoms with van der Waals surface area (Å²) in [5, 5.41) is 14.5. The molecule has 0 aliphatic carbocycles. The van der Waals surface area contributed by atoms with Crippen molar-refractivity contribution in [1.82, 2.24) is 10.6 Å². The zero-order chi connectivity index (χ0) is 12.0. The second kappa shape index (κ2) is 8.08. The topological polar surface area (TPSA) is 78.4 Å². The van der Waals surface area contributed by atoms with E-state index in [1.54, 1.807) is 6.08 Å². The van der Waals surface area contributed by atoms with Crippen molar-refractivity contribution in [2.75, 3.05) is 13.1 Å². The summed E-state index contributed by atoms with van der Waals surface area (Å²) in [5.41, 5.74) is 0. The third-order valence-corrected chi connectivity index (χ3v) is 2.64. The van der Waals surface area contributed by atoms with Gasteiger partial charge in [0.2, 0.25) is 5.91 Å². The fourth-order valence-corrected chi connectivity index (χ4v) is 1.87. The van der Waals surface area contributed by atoms with Gasteiger partial charge in [0.05, 0.1) is 0 Å². The van der Waals surface area contributed by atoms with E-state index < -0.39 is 5.97 Å². The Morgan fingerprint density at radius 1 is 1.71 bits per heavy atom. The number of rotatable bonds is 6. The van der Waals surface area contributed by atoms with Crippen molar-refractivity contribution < 1.29 is 14.7 Å². The Bertz CT molecular complexity index is 294. The van der Waals surface area contributed by atoms with Crippen molar-refractivity contribution in [3.63, 3.8) is 0 Å². The summed E-state index contributed by atoms with van der Waals surface area (Å²) in [6, 6.07) is -0.0463. The van der Waals surface area contributed by atoms with E-state index in [1.807, 2.05) is 6.92 Å². The zero-order valence-electron chi connectivity index (χ0n) is 9.81. The predicted molar refractivity (Wildman–Crippen MR) is 67.2 cm³/mol. The average molecular weight is 263 g/mol. The normalized spacial score (nSPS) is 21.0. The smallest absolute Gasteiger partial charge is 0.328 e. The quantitative estimate of drug-likeness (QED) is 0.611. The fourth-order valence-electron chi connectivity index (χ4n) is 1.87. The molecule has 0 radical (unpaired) electrons. The first kappa shape index (κ1) is 15.9. The monoisotopic (exact) mass is 262 g/mol. The van der Waals surface area contributed by atoms with Crippen LogP contribution in [0.1, 0.15) is 19.8 Å². The molecule has 98 valence electrons. The zero-order valence-corrected chi connectivity index (χ0v) is 10.6. The molecule has 1 fully saturated rings. The molecular formula is C11H19ClN2O3. The predicted octanol–water partition coefficient (Wildman–Crippen LogP) is 0.553. The number of nitrogens with one attached hydrogen (secondary N) is 2. The highest BCUT2D eigenvalue weighted by atomic mass is 35.5. The lowest BCUT2D eigenvalue weighted by atomic mass is 9.98. The van der Waals surface area contributed by atoms with E-state index >= 15 is 0 Å². The van der Waals surface area contributed by atoms with Crippen molar-refractivity contribution >= 4 is 24.3 Å². The van der Waals surface area contributed by atoms with Crippen LogP contribution in [0.15, 0.2) is 12.2 Å². The number of carbonyl (C=O) groups is 2. The summed E-state index contributed by atoms with van der Waals surface area (Å²) in [6.07, 6.45) is 4.22. The Balaban J connectivity index is 0.00000256. The first-order valence-corrected chi connectivity index (χ1v) is 5.55. The van der Waals surface area contributed by atoms with Crippen LogP contribution in [-0.4, -0.2) is 36.1 Å². The Morgan fingerprint density at radius 2 is 2.41 bits per heavy atom. The standard InChI is InChI=1S/C11H18N2O3.ClH/c1-2-12-9(3-4-10(14)15)7-8-5-6-13-11(8)16;/h3-4,8-9,12H,2,5-7H2,1H3,(H,13,16)(H,14,15);1H/b4-3+;/t8-,9+;/m0./s1. The first-order valence-electron chi connectivity index (χ1n) is 5.55. The first-order chi connectivity index (χ1) is 7.63. The molecule has 1 saturated heterocycles. The van der Waals surface area contributed by atoms with Gasteiger partial charge in [-0.05, 0) is 19.4 Å². The molecule has 1 aliphatic rings. The van der Waals surface area contributed by atoms with Gasteiger partial charge in [0.15, 0.2) is 0 Å². The lowest BCUT2D eigenvalue weighted by Gasteiger charge is -2.16. The third-order valence-electron chi connectivity index (χ3n) is 2.64. The molecule has 0 unspecified atom stereocenters. The lowest BCUT2D eigenvalue weighted by Crippen LogP contribution is -2.31. The Morgan fingerprint density at radius 3 is 2.88 bits per heavy atom. The fraction of sp³-hybridized carbons (Fsp3) is 0.636. The van der Waals surface area contributed by atoms with Gasteiger partial charge in [-0.25, -0.2) is 4.79 Å². The molecule has 0 saturated carbocycles. The number of hydrogen-bond acceptors (Lipinski definition) is 3. The van der Waals surface area contributed by atoms with Gasteiger partial charge in [-0.3, -0.25) is 4.79 Å². The van der Waals surface area contributed by atoms with Crippen molar-refractivity contribution in [3.05, 3.63) is 12.2 Å². The molecule has 1 aliphatic heterocycles. The van der Waals surface area contributed by atoms with Gasteiger partial charge in [-0.15, -0.1) is 12.4 Å². The average Bonchev–Trinajstić information content (AvgIpc) is 2.61. The highest BCUT2D eigenvalue weighted by Crippen LogP contribution is 2.16. The minimum Gasteiger partial charge on any atom is -0.478 e. The minimum absolute atomic E-state index is 0. The molecule has 0 aromatic heterocycles. The SMILES string of the molecule is CCN[C@H](/C=C/C(=O)O)C[C@@H]1CCNC1=O.Cl. The molecule has 2 atom stereocenters. The van der Waals surface area contributed by atoms with Gasteiger partial charge >= 0.3 is 5.97 Å². The summed E-state index contributed by atoms with van der Waals surface area (Å²) < 4.78 is 0. The molecule has 17 heavy (non-hydrogen) atoms. The Kier molecular flexibility index (Phi) is 7.58. The second-order valence-electron chi connectivity index (χ2n) is 3.87. The molecule has 6 heteroatoms. The number of hydrogen-bond donors (Lipinski definition) is 3. The van der Waals surface area contributed by atoms with Gasteiger partial charge in [-0.2, -0.15) is 0 Å². The van der Waals surface area contributed by atoms with Crippen LogP contribution in [0.5, 0.6) is 0 Å². The van der Waals surface area contributed by atoms with Crippen LogP contribution < -0.4 is 10.6 Å². The van der Waals surface area contributed by atoms with Crippen LogP contribution >= 0.6 is 12.4 Å². The molecule has 0 spiro atoms. The Labute approximate surface area is 107 Å². The van der Waals surface area contributed by atoms with E-state index in [1.165, 1.54) is 0 Å². The summed E-state index contributed by atoms with van der Waals surface area (Å²) in [5.74, 6) is -0.882. The summed E-state index contributed by atoms with van der Waals surface area (Å²) in [4.78, 5) is 21.8. The molecular weight excluding hydrogens is 244 g/mol. The highest BCUT2D eigenvalue weighted by Gasteiger charge is 2.25. The van der Waals surface area contributed by atoms with Crippen LogP contribution in [0.4, 0.5) is 0 Å². The van der Waals surface area contributed by atoms with Crippen molar-refractivity contribution in [2.45, 2.75) is 25.8 Å². The van der Waals surface area contributed by atoms with Gasteiger partial charge in [0.25, 0.3) is 0 Å². The van der Waals surface area contributed by atoms with Gasteiger partial charge in [-0.1, -0.05) is 13.0 Å². The van der Waals surface area contributed by atoms with E-state index in [4.69, 9.17) is 5.11 Å². The van der Waals surface area contributed by atoms with E-state index in [0.29, 0.717) is 6.42 Å². The van der Waals surface area contributed by atoms with Crippen molar-refractivity contribution in [3.8, 4) is 0 Å². The van der Waals surface area contributed by atoms with Crippen molar-refractivity contribution in [1.29, 1.82) is 0 Å².